The van der Waals surface area contributed by atoms with Crippen molar-refractivity contribution in [2.75, 3.05) is 0 Å². The number of H-pyrrole nitrogens is 1. The molecule has 0 amide bonds. The number of nitrogens with one attached hydrogen (secondary N) is 1. The molecule has 3 rings (SSSR count). The van der Waals surface area contributed by atoms with E-state index in [-0.39, 0.29) is 24.4 Å². The van der Waals surface area contributed by atoms with Crippen LogP contribution in [0.5, 0.6) is 5.75 Å². The number of hydrogen-bond acceptors (Lipinski definition) is 3. The lowest BCUT2D eigenvalue weighted by atomic mass is 9.96. The van der Waals surface area contributed by atoms with E-state index in [0.29, 0.717) is 0 Å². The number of ether oxygens (including phenoxy) is 1. The second kappa shape index (κ2) is 8.62. The lowest BCUT2D eigenvalue weighted by molar-refractivity contribution is -0.137. The highest BCUT2D eigenvalue weighted by atomic mass is 16.5. The summed E-state index contributed by atoms with van der Waals surface area (Å²) >= 11 is 0. The largest absolute Gasteiger partial charge is 0.485 e. The fraction of sp³-hybridized carbons (Fsp3) is 0.304. The first-order valence-electron chi connectivity index (χ1n) is 9.31. The number of aliphatic carboxylic acids is 1. The number of carboxylic acids is 1. The number of benzene rings is 2. The smallest absolute Gasteiger partial charge is 0.304 e. The fourth-order valence-corrected chi connectivity index (χ4v) is 3.25. The molecule has 5 nitrogen and oxygen atoms in total. The second-order valence-corrected chi connectivity index (χ2v) is 7.11. The summed E-state index contributed by atoms with van der Waals surface area (Å²) in [4.78, 5) is 11.1. The van der Waals surface area contributed by atoms with Crippen molar-refractivity contribution in [3.63, 3.8) is 0 Å². The van der Waals surface area contributed by atoms with E-state index >= 15 is 0 Å². The summed E-state index contributed by atoms with van der Waals surface area (Å²) in [6.45, 7) is 5.96. The van der Waals surface area contributed by atoms with Gasteiger partial charge in [-0.05, 0) is 42.2 Å². The van der Waals surface area contributed by atoms with Gasteiger partial charge in [-0.1, -0.05) is 44.0 Å². The number of nitrogens with zero attached hydrogens (tertiary/aromatic N) is 1. The zero-order valence-corrected chi connectivity index (χ0v) is 16.3. The molecular weight excluding hydrogens is 352 g/mol. The Bertz CT molecular complexity index is 1010. The van der Waals surface area contributed by atoms with E-state index in [9.17, 15) is 4.79 Å². The van der Waals surface area contributed by atoms with Gasteiger partial charge in [0, 0.05) is 5.39 Å². The molecule has 2 N–H and O–H groups in total. The number of carbonyl (C=O) groups is 1. The maximum atomic E-state index is 11.1. The van der Waals surface area contributed by atoms with Gasteiger partial charge in [-0.2, -0.15) is 5.10 Å². The first-order valence-corrected chi connectivity index (χ1v) is 9.31. The van der Waals surface area contributed by atoms with Crippen LogP contribution in [0.25, 0.3) is 10.9 Å². The summed E-state index contributed by atoms with van der Waals surface area (Å²) < 4.78 is 6.28. The van der Waals surface area contributed by atoms with Crippen LogP contribution in [-0.4, -0.2) is 21.3 Å². The maximum Gasteiger partial charge on any atom is 0.304 e. The molecule has 0 radical (unpaired) electrons. The van der Waals surface area contributed by atoms with E-state index in [1.165, 1.54) is 0 Å². The summed E-state index contributed by atoms with van der Waals surface area (Å²) in [5.41, 5.74) is 2.94. The van der Waals surface area contributed by atoms with Crippen LogP contribution >= 0.6 is 0 Å². The molecule has 5 heteroatoms. The van der Waals surface area contributed by atoms with E-state index in [1.54, 1.807) is 13.1 Å². The van der Waals surface area contributed by atoms with Gasteiger partial charge in [0.15, 0.2) is 0 Å². The molecule has 0 saturated heterocycles. The van der Waals surface area contributed by atoms with Crippen molar-refractivity contribution in [3.05, 3.63) is 59.8 Å². The molecule has 0 aliphatic heterocycles. The summed E-state index contributed by atoms with van der Waals surface area (Å²) in [7, 11) is 0. The minimum atomic E-state index is -0.859. The number of fused-ring (bicyclic) bond motifs is 1. The summed E-state index contributed by atoms with van der Waals surface area (Å²) in [6, 6.07) is 13.7. The molecular formula is C23H24N2O3. The lowest BCUT2D eigenvalue weighted by Gasteiger charge is -2.23. The average molecular weight is 376 g/mol. The van der Waals surface area contributed by atoms with Gasteiger partial charge in [0.1, 0.15) is 11.9 Å². The Balaban J connectivity index is 1.81. The van der Waals surface area contributed by atoms with E-state index < -0.39 is 5.97 Å². The second-order valence-electron chi connectivity index (χ2n) is 7.11. The monoisotopic (exact) mass is 376 g/mol. The van der Waals surface area contributed by atoms with Crippen LogP contribution in [0.2, 0.25) is 0 Å². The molecule has 0 aliphatic carbocycles. The highest BCUT2D eigenvalue weighted by Crippen LogP contribution is 2.31. The third-order valence-corrected chi connectivity index (χ3v) is 4.64. The third kappa shape index (κ3) is 4.52. The summed E-state index contributed by atoms with van der Waals surface area (Å²) in [5, 5.41) is 17.2. The molecule has 1 heterocycles. The molecule has 1 aromatic heterocycles. The van der Waals surface area contributed by atoms with Gasteiger partial charge in [0.05, 0.1) is 24.1 Å². The van der Waals surface area contributed by atoms with Crippen LogP contribution in [0.15, 0.2) is 48.7 Å². The quantitative estimate of drug-likeness (QED) is 0.574. The molecule has 0 aliphatic rings. The molecule has 2 atom stereocenters. The standard InChI is InChI=1S/C23H24N2O3/c1-4-5-17(13-22(26)27)16-8-10-20(11-9-16)28-23(15(2)3)18-6-7-19-14-24-25-21(19)12-18/h6-12,14-15,17,23H,13H2,1-3H3,(H,24,25)(H,26,27)/t17?,23-/m0/s1. The summed E-state index contributed by atoms with van der Waals surface area (Å²) in [5.74, 6) is 5.61. The average Bonchev–Trinajstić information content (AvgIpc) is 3.13. The first kappa shape index (κ1) is 19.5. The maximum absolute atomic E-state index is 11.1. The van der Waals surface area contributed by atoms with Gasteiger partial charge in [-0.25, -0.2) is 0 Å². The number of rotatable bonds is 7. The van der Waals surface area contributed by atoms with Crippen LogP contribution in [0, 0.1) is 17.8 Å². The van der Waals surface area contributed by atoms with Gasteiger partial charge < -0.3 is 9.84 Å². The van der Waals surface area contributed by atoms with Gasteiger partial charge >= 0.3 is 5.97 Å². The molecule has 0 spiro atoms. The van der Waals surface area contributed by atoms with Crippen molar-refractivity contribution in [1.82, 2.24) is 10.2 Å². The van der Waals surface area contributed by atoms with Crippen molar-refractivity contribution in [2.45, 2.75) is 39.2 Å². The van der Waals surface area contributed by atoms with E-state index in [2.05, 4.69) is 48.0 Å². The van der Waals surface area contributed by atoms with Crippen molar-refractivity contribution >= 4 is 16.9 Å². The Labute approximate surface area is 164 Å². The molecule has 2 aromatic carbocycles. The minimum absolute atomic E-state index is 0.0140. The summed E-state index contributed by atoms with van der Waals surface area (Å²) in [6.07, 6.45) is 1.68. The SMILES string of the molecule is CC#CC(CC(=O)O)c1ccc(O[C@H](c2ccc3cn[nH]c3c2)C(C)C)cc1. The molecule has 1 unspecified atom stereocenters. The van der Waals surface area contributed by atoms with Crippen LogP contribution < -0.4 is 4.74 Å². The molecule has 0 fully saturated rings. The van der Waals surface area contributed by atoms with Gasteiger partial charge in [-0.3, -0.25) is 9.89 Å². The molecule has 3 aromatic rings. The molecule has 144 valence electrons. The van der Waals surface area contributed by atoms with Gasteiger partial charge in [-0.15, -0.1) is 5.92 Å². The molecule has 0 bridgehead atoms. The Kier molecular flexibility index (Phi) is 6.00. The highest BCUT2D eigenvalue weighted by molar-refractivity contribution is 5.78. The van der Waals surface area contributed by atoms with Crippen LogP contribution in [0.1, 0.15) is 50.3 Å². The molecule has 28 heavy (non-hydrogen) atoms. The Morgan fingerprint density at radius 3 is 2.54 bits per heavy atom. The Morgan fingerprint density at radius 1 is 1.18 bits per heavy atom. The number of hydrogen-bond donors (Lipinski definition) is 2. The first-order chi connectivity index (χ1) is 13.5. The van der Waals surface area contributed by atoms with Crippen molar-refractivity contribution in [1.29, 1.82) is 0 Å². The lowest BCUT2D eigenvalue weighted by Crippen LogP contribution is -2.14. The number of carboxylic acid groups (broad SMARTS) is 1. The predicted molar refractivity (Wildman–Crippen MR) is 109 cm³/mol. The fourth-order valence-electron chi connectivity index (χ4n) is 3.25. The van der Waals surface area contributed by atoms with Crippen LogP contribution in [-0.2, 0) is 4.79 Å². The minimum Gasteiger partial charge on any atom is -0.485 e. The Hall–Kier alpha value is -3.26. The normalized spacial score (nSPS) is 13.0. The van der Waals surface area contributed by atoms with Crippen LogP contribution in [0.4, 0.5) is 0 Å². The molecule has 0 saturated carbocycles. The van der Waals surface area contributed by atoms with E-state index in [4.69, 9.17) is 9.84 Å². The topological polar surface area (TPSA) is 75.2 Å². The van der Waals surface area contributed by atoms with Crippen molar-refractivity contribution in [3.8, 4) is 17.6 Å². The zero-order chi connectivity index (χ0) is 20.1. The van der Waals surface area contributed by atoms with E-state index in [0.717, 1.165) is 27.8 Å². The van der Waals surface area contributed by atoms with Crippen molar-refractivity contribution < 1.29 is 14.6 Å². The number of aromatic amines is 1. The highest BCUT2D eigenvalue weighted by Gasteiger charge is 2.19. The predicted octanol–water partition coefficient (Wildman–Crippen LogP) is 4.92. The van der Waals surface area contributed by atoms with Crippen molar-refractivity contribution in [2.24, 2.45) is 5.92 Å². The third-order valence-electron chi connectivity index (χ3n) is 4.64. The van der Waals surface area contributed by atoms with Gasteiger partial charge in [0.2, 0.25) is 0 Å². The Morgan fingerprint density at radius 2 is 1.89 bits per heavy atom. The van der Waals surface area contributed by atoms with E-state index in [1.807, 2.05) is 30.3 Å². The van der Waals surface area contributed by atoms with Gasteiger partial charge in [0.25, 0.3) is 0 Å². The number of aromatic nitrogens is 2. The van der Waals surface area contributed by atoms with Crippen LogP contribution in [0.3, 0.4) is 0 Å². The zero-order valence-electron chi connectivity index (χ0n) is 16.3.